The van der Waals surface area contributed by atoms with E-state index in [9.17, 15) is 18.0 Å². The number of amides is 1. The Hall–Kier alpha value is -0.820. The van der Waals surface area contributed by atoms with Gasteiger partial charge in [-0.2, -0.15) is 13.2 Å². The minimum absolute atomic E-state index is 0.201. The summed E-state index contributed by atoms with van der Waals surface area (Å²) in [6.07, 6.45) is -4.11. The van der Waals surface area contributed by atoms with E-state index in [1.165, 1.54) is 4.90 Å². The van der Waals surface area contributed by atoms with Crippen LogP contribution in [0.1, 0.15) is 13.3 Å². The lowest BCUT2D eigenvalue weighted by atomic mass is 10.2. The van der Waals surface area contributed by atoms with E-state index < -0.39 is 12.2 Å². The molecule has 1 fully saturated rings. The summed E-state index contributed by atoms with van der Waals surface area (Å²) in [5, 5.41) is 5.32. The molecule has 0 bridgehead atoms. The number of rotatable bonds is 4. The second kappa shape index (κ2) is 6.20. The Labute approximate surface area is 98.5 Å². The number of piperazine rings is 1. The van der Waals surface area contributed by atoms with E-state index in [1.807, 2.05) is 0 Å². The number of nitrogens with zero attached hydrogens (tertiary/aromatic N) is 1. The summed E-state index contributed by atoms with van der Waals surface area (Å²) >= 11 is 0. The van der Waals surface area contributed by atoms with Crippen molar-refractivity contribution in [2.45, 2.75) is 25.6 Å². The Morgan fingerprint density at radius 3 is 2.47 bits per heavy atom. The second-order valence-electron chi connectivity index (χ2n) is 4.00. The van der Waals surface area contributed by atoms with E-state index in [-0.39, 0.29) is 18.9 Å². The molecule has 0 spiro atoms. The molecule has 1 heterocycles. The Bertz CT molecular complexity index is 252. The van der Waals surface area contributed by atoms with Crippen LogP contribution in [0.2, 0.25) is 0 Å². The number of hydrogen-bond donors (Lipinski definition) is 2. The molecule has 0 aliphatic carbocycles. The molecule has 1 atom stereocenters. The van der Waals surface area contributed by atoms with Crippen molar-refractivity contribution < 1.29 is 18.0 Å². The van der Waals surface area contributed by atoms with Crippen molar-refractivity contribution in [1.82, 2.24) is 15.5 Å². The average molecular weight is 253 g/mol. The van der Waals surface area contributed by atoms with Gasteiger partial charge in [-0.3, -0.25) is 9.69 Å². The minimum atomic E-state index is -4.31. The molecule has 1 unspecified atom stereocenters. The molecule has 1 saturated heterocycles. The van der Waals surface area contributed by atoms with Gasteiger partial charge in [0.05, 0.1) is 0 Å². The molecule has 1 amide bonds. The summed E-state index contributed by atoms with van der Waals surface area (Å²) in [6.45, 7) is 3.06. The van der Waals surface area contributed by atoms with Crippen molar-refractivity contribution in [2.75, 3.05) is 32.7 Å². The summed E-state index contributed by atoms with van der Waals surface area (Å²) in [7, 11) is 0. The van der Waals surface area contributed by atoms with Crippen molar-refractivity contribution in [3.63, 3.8) is 0 Å². The van der Waals surface area contributed by atoms with E-state index in [1.54, 1.807) is 6.92 Å². The van der Waals surface area contributed by atoms with Crippen LogP contribution < -0.4 is 10.6 Å². The Morgan fingerprint density at radius 2 is 2.00 bits per heavy atom. The van der Waals surface area contributed by atoms with Crippen molar-refractivity contribution in [2.24, 2.45) is 0 Å². The quantitative estimate of drug-likeness (QED) is 0.760. The standard InChI is InChI=1S/C10H18F3N3O/c1-2-9(17)15-7-8(10(11,12)13)16-5-3-14-4-6-16/h8,14H,2-7H2,1H3,(H,15,17). The van der Waals surface area contributed by atoms with Crippen LogP contribution >= 0.6 is 0 Å². The van der Waals surface area contributed by atoms with Gasteiger partial charge in [0.15, 0.2) is 0 Å². The smallest absolute Gasteiger partial charge is 0.354 e. The lowest BCUT2D eigenvalue weighted by Gasteiger charge is -2.35. The molecule has 0 radical (unpaired) electrons. The van der Waals surface area contributed by atoms with Gasteiger partial charge in [-0.15, -0.1) is 0 Å². The van der Waals surface area contributed by atoms with Crippen molar-refractivity contribution in [1.29, 1.82) is 0 Å². The molecule has 7 heteroatoms. The SMILES string of the molecule is CCC(=O)NCC(N1CCNCC1)C(F)(F)F. The largest absolute Gasteiger partial charge is 0.405 e. The molecule has 0 aromatic heterocycles. The fourth-order valence-corrected chi connectivity index (χ4v) is 1.78. The minimum Gasteiger partial charge on any atom is -0.354 e. The van der Waals surface area contributed by atoms with Gasteiger partial charge in [0.1, 0.15) is 6.04 Å². The zero-order valence-electron chi connectivity index (χ0n) is 9.81. The first-order valence-electron chi connectivity index (χ1n) is 5.73. The van der Waals surface area contributed by atoms with Crippen LogP contribution in [0.5, 0.6) is 0 Å². The second-order valence-corrected chi connectivity index (χ2v) is 4.00. The zero-order chi connectivity index (χ0) is 12.9. The third kappa shape index (κ3) is 4.51. The van der Waals surface area contributed by atoms with Crippen molar-refractivity contribution >= 4 is 5.91 Å². The number of carbonyl (C=O) groups excluding carboxylic acids is 1. The highest BCUT2D eigenvalue weighted by atomic mass is 19.4. The van der Waals surface area contributed by atoms with Crippen LogP contribution in [-0.4, -0.2) is 55.7 Å². The third-order valence-corrected chi connectivity index (χ3v) is 2.78. The van der Waals surface area contributed by atoms with Crippen LogP contribution in [0.4, 0.5) is 13.2 Å². The summed E-state index contributed by atoms with van der Waals surface area (Å²) in [6, 6.07) is -1.58. The highest BCUT2D eigenvalue weighted by molar-refractivity contribution is 5.75. The van der Waals surface area contributed by atoms with Gasteiger partial charge in [0.25, 0.3) is 0 Å². The summed E-state index contributed by atoms with van der Waals surface area (Å²) in [5.74, 6) is -0.352. The molecule has 0 saturated carbocycles. The first-order valence-corrected chi connectivity index (χ1v) is 5.73. The van der Waals surface area contributed by atoms with E-state index in [0.717, 1.165) is 0 Å². The highest BCUT2D eigenvalue weighted by Gasteiger charge is 2.43. The summed E-state index contributed by atoms with van der Waals surface area (Å²) in [5.41, 5.74) is 0. The van der Waals surface area contributed by atoms with Crippen LogP contribution in [0.25, 0.3) is 0 Å². The molecular weight excluding hydrogens is 235 g/mol. The average Bonchev–Trinajstić information content (AvgIpc) is 2.28. The van der Waals surface area contributed by atoms with E-state index in [4.69, 9.17) is 0 Å². The maximum atomic E-state index is 12.8. The Morgan fingerprint density at radius 1 is 1.41 bits per heavy atom. The number of nitrogens with one attached hydrogen (secondary N) is 2. The molecule has 1 aliphatic heterocycles. The molecule has 0 aromatic carbocycles. The molecule has 4 nitrogen and oxygen atoms in total. The fourth-order valence-electron chi connectivity index (χ4n) is 1.78. The molecular formula is C10H18F3N3O. The number of carbonyl (C=O) groups is 1. The van der Waals surface area contributed by atoms with Gasteiger partial charge < -0.3 is 10.6 Å². The number of halogens is 3. The van der Waals surface area contributed by atoms with Gasteiger partial charge in [-0.05, 0) is 0 Å². The fraction of sp³-hybridized carbons (Fsp3) is 0.900. The third-order valence-electron chi connectivity index (χ3n) is 2.78. The first kappa shape index (κ1) is 14.2. The summed E-state index contributed by atoms with van der Waals surface area (Å²) < 4.78 is 38.5. The predicted octanol–water partition coefficient (Wildman–Crippen LogP) is 0.349. The predicted molar refractivity (Wildman–Crippen MR) is 57.6 cm³/mol. The van der Waals surface area contributed by atoms with Crippen LogP contribution in [0, 0.1) is 0 Å². The molecule has 2 N–H and O–H groups in total. The molecule has 17 heavy (non-hydrogen) atoms. The zero-order valence-corrected chi connectivity index (χ0v) is 9.81. The van der Waals surface area contributed by atoms with Crippen molar-refractivity contribution in [3.8, 4) is 0 Å². The van der Waals surface area contributed by atoms with Crippen molar-refractivity contribution in [3.05, 3.63) is 0 Å². The maximum absolute atomic E-state index is 12.8. The van der Waals surface area contributed by atoms with Gasteiger partial charge in [-0.1, -0.05) is 6.92 Å². The lowest BCUT2D eigenvalue weighted by Crippen LogP contribution is -2.57. The number of alkyl halides is 3. The van der Waals surface area contributed by atoms with Gasteiger partial charge >= 0.3 is 6.18 Å². The molecule has 1 rings (SSSR count). The van der Waals surface area contributed by atoms with Crippen LogP contribution in [0.3, 0.4) is 0 Å². The van der Waals surface area contributed by atoms with E-state index in [0.29, 0.717) is 26.2 Å². The highest BCUT2D eigenvalue weighted by Crippen LogP contribution is 2.24. The van der Waals surface area contributed by atoms with Gasteiger partial charge in [0.2, 0.25) is 5.91 Å². The number of hydrogen-bond acceptors (Lipinski definition) is 3. The topological polar surface area (TPSA) is 44.4 Å². The monoisotopic (exact) mass is 253 g/mol. The molecule has 100 valence electrons. The normalized spacial score (nSPS) is 20.0. The Kier molecular flexibility index (Phi) is 5.20. The molecule has 0 aromatic rings. The van der Waals surface area contributed by atoms with Gasteiger partial charge in [0, 0.05) is 39.1 Å². The lowest BCUT2D eigenvalue weighted by molar-refractivity contribution is -0.184. The maximum Gasteiger partial charge on any atom is 0.405 e. The first-order chi connectivity index (χ1) is 7.95. The Balaban J connectivity index is 2.56. The molecule has 1 aliphatic rings. The summed E-state index contributed by atoms with van der Waals surface area (Å²) in [4.78, 5) is 12.4. The van der Waals surface area contributed by atoms with Crippen LogP contribution in [-0.2, 0) is 4.79 Å². The van der Waals surface area contributed by atoms with Gasteiger partial charge in [-0.25, -0.2) is 0 Å². The van der Waals surface area contributed by atoms with E-state index >= 15 is 0 Å². The van der Waals surface area contributed by atoms with E-state index in [2.05, 4.69) is 10.6 Å². The van der Waals surface area contributed by atoms with Crippen LogP contribution in [0.15, 0.2) is 0 Å².